The van der Waals surface area contributed by atoms with Crippen LogP contribution in [0.25, 0.3) is 0 Å². The van der Waals surface area contributed by atoms with Crippen LogP contribution in [0.5, 0.6) is 0 Å². The summed E-state index contributed by atoms with van der Waals surface area (Å²) in [4.78, 5) is 0. The van der Waals surface area contributed by atoms with Gasteiger partial charge in [0.25, 0.3) is 0 Å². The summed E-state index contributed by atoms with van der Waals surface area (Å²) in [5.41, 5.74) is 2.95. The Kier molecular flexibility index (Phi) is 2.71. The van der Waals surface area contributed by atoms with E-state index < -0.39 is 0 Å². The summed E-state index contributed by atoms with van der Waals surface area (Å²) < 4.78 is 1.88. The third-order valence-corrected chi connectivity index (χ3v) is 3.11. The van der Waals surface area contributed by atoms with Crippen LogP contribution in [0.1, 0.15) is 44.1 Å². The van der Waals surface area contributed by atoms with E-state index in [1.54, 1.807) is 5.57 Å². The van der Waals surface area contributed by atoms with Gasteiger partial charge in [-0.05, 0) is 31.2 Å². The van der Waals surface area contributed by atoms with E-state index in [1.165, 1.54) is 31.2 Å². The number of nitrogens with zero attached hydrogens (tertiary/aromatic N) is 2. The van der Waals surface area contributed by atoms with Crippen LogP contribution in [0, 0.1) is 0 Å². The smallest absolute Gasteiger partial charge is 0.0527 e. The third kappa shape index (κ3) is 1.89. The van der Waals surface area contributed by atoms with Crippen LogP contribution in [-0.2, 0) is 7.05 Å². The molecule has 0 N–H and O–H groups in total. The van der Waals surface area contributed by atoms with E-state index in [9.17, 15) is 0 Å². The van der Waals surface area contributed by atoms with Crippen molar-refractivity contribution in [2.75, 3.05) is 0 Å². The standard InChI is InChI=1S/C12H18N2/c1-10(11-6-4-3-5-7-11)12-8-13-14(2)9-12/h6,8-10H,3-5,7H2,1-2H3. The molecule has 2 rings (SSSR count). The molecule has 76 valence electrons. The summed E-state index contributed by atoms with van der Waals surface area (Å²) in [5.74, 6) is 0.559. The molecule has 0 aromatic carbocycles. The molecular weight excluding hydrogens is 172 g/mol. The molecule has 2 nitrogen and oxygen atoms in total. The van der Waals surface area contributed by atoms with Crippen LogP contribution in [0.3, 0.4) is 0 Å². The van der Waals surface area contributed by atoms with E-state index >= 15 is 0 Å². The van der Waals surface area contributed by atoms with Gasteiger partial charge in [0.1, 0.15) is 0 Å². The molecule has 0 bridgehead atoms. The highest BCUT2D eigenvalue weighted by Gasteiger charge is 2.14. The Labute approximate surface area is 85.6 Å². The van der Waals surface area contributed by atoms with Crippen molar-refractivity contribution in [2.24, 2.45) is 7.05 Å². The van der Waals surface area contributed by atoms with E-state index in [-0.39, 0.29) is 0 Å². The van der Waals surface area contributed by atoms with Crippen molar-refractivity contribution in [2.45, 2.75) is 38.5 Å². The molecule has 0 saturated heterocycles. The highest BCUT2D eigenvalue weighted by molar-refractivity contribution is 5.24. The van der Waals surface area contributed by atoms with Crippen molar-refractivity contribution in [3.63, 3.8) is 0 Å². The molecule has 14 heavy (non-hydrogen) atoms. The summed E-state index contributed by atoms with van der Waals surface area (Å²) in [7, 11) is 1.98. The van der Waals surface area contributed by atoms with Crippen molar-refractivity contribution >= 4 is 0 Å². The van der Waals surface area contributed by atoms with Gasteiger partial charge in [0, 0.05) is 19.2 Å². The Morgan fingerprint density at radius 1 is 1.43 bits per heavy atom. The molecule has 1 aromatic rings. The van der Waals surface area contributed by atoms with E-state index in [1.807, 2.05) is 17.9 Å². The molecule has 2 heteroatoms. The number of aryl methyl sites for hydroxylation is 1. The first-order valence-electron chi connectivity index (χ1n) is 5.45. The minimum atomic E-state index is 0.559. The maximum absolute atomic E-state index is 4.22. The number of rotatable bonds is 2. The second kappa shape index (κ2) is 3.99. The molecule has 0 saturated carbocycles. The van der Waals surface area contributed by atoms with E-state index in [0.717, 1.165) is 0 Å². The molecule has 1 atom stereocenters. The van der Waals surface area contributed by atoms with Crippen LogP contribution >= 0.6 is 0 Å². The molecule has 0 fully saturated rings. The van der Waals surface area contributed by atoms with Gasteiger partial charge >= 0.3 is 0 Å². The molecule has 1 heterocycles. The van der Waals surface area contributed by atoms with Crippen molar-refractivity contribution < 1.29 is 0 Å². The predicted molar refractivity (Wildman–Crippen MR) is 58.2 cm³/mol. The Hall–Kier alpha value is -1.05. The quantitative estimate of drug-likeness (QED) is 0.655. The zero-order valence-corrected chi connectivity index (χ0v) is 9.03. The Morgan fingerprint density at radius 2 is 2.29 bits per heavy atom. The Morgan fingerprint density at radius 3 is 2.86 bits per heavy atom. The molecule has 0 aliphatic heterocycles. The SMILES string of the molecule is CC(C1=CCCCC1)c1cnn(C)c1. The van der Waals surface area contributed by atoms with Crippen LogP contribution < -0.4 is 0 Å². The fourth-order valence-electron chi connectivity index (χ4n) is 2.13. The molecule has 1 aliphatic carbocycles. The Balaban J connectivity index is 2.14. The van der Waals surface area contributed by atoms with Gasteiger partial charge in [0.05, 0.1) is 6.20 Å². The minimum absolute atomic E-state index is 0.559. The second-order valence-corrected chi connectivity index (χ2v) is 4.19. The first-order chi connectivity index (χ1) is 6.77. The monoisotopic (exact) mass is 190 g/mol. The molecular formula is C12H18N2. The van der Waals surface area contributed by atoms with Crippen LogP contribution in [0.15, 0.2) is 24.0 Å². The number of hydrogen-bond donors (Lipinski definition) is 0. The average molecular weight is 190 g/mol. The van der Waals surface area contributed by atoms with E-state index in [4.69, 9.17) is 0 Å². The summed E-state index contributed by atoms with van der Waals surface area (Å²) in [6.45, 7) is 2.29. The van der Waals surface area contributed by atoms with Gasteiger partial charge in [-0.15, -0.1) is 0 Å². The van der Waals surface area contributed by atoms with Crippen LogP contribution in [0.2, 0.25) is 0 Å². The molecule has 1 unspecified atom stereocenters. The zero-order chi connectivity index (χ0) is 9.97. The molecule has 1 aromatic heterocycles. The molecule has 0 radical (unpaired) electrons. The van der Waals surface area contributed by atoms with E-state index in [0.29, 0.717) is 5.92 Å². The van der Waals surface area contributed by atoms with Gasteiger partial charge < -0.3 is 0 Å². The topological polar surface area (TPSA) is 17.8 Å². The summed E-state index contributed by atoms with van der Waals surface area (Å²) >= 11 is 0. The van der Waals surface area contributed by atoms with Gasteiger partial charge in [-0.3, -0.25) is 4.68 Å². The number of allylic oxidation sites excluding steroid dienone is 2. The average Bonchev–Trinajstić information content (AvgIpc) is 2.65. The van der Waals surface area contributed by atoms with Gasteiger partial charge in [-0.2, -0.15) is 5.10 Å². The lowest BCUT2D eigenvalue weighted by Gasteiger charge is -2.18. The highest BCUT2D eigenvalue weighted by atomic mass is 15.2. The maximum atomic E-state index is 4.22. The van der Waals surface area contributed by atoms with Crippen molar-refractivity contribution in [1.82, 2.24) is 9.78 Å². The number of hydrogen-bond acceptors (Lipinski definition) is 1. The second-order valence-electron chi connectivity index (χ2n) is 4.19. The van der Waals surface area contributed by atoms with Gasteiger partial charge in [0.15, 0.2) is 0 Å². The van der Waals surface area contributed by atoms with Crippen molar-refractivity contribution in [3.05, 3.63) is 29.6 Å². The first-order valence-corrected chi connectivity index (χ1v) is 5.45. The van der Waals surface area contributed by atoms with Gasteiger partial charge in [-0.25, -0.2) is 0 Å². The maximum Gasteiger partial charge on any atom is 0.0527 e. The normalized spacial score (nSPS) is 19.1. The van der Waals surface area contributed by atoms with Crippen molar-refractivity contribution in [3.8, 4) is 0 Å². The highest BCUT2D eigenvalue weighted by Crippen LogP contribution is 2.30. The van der Waals surface area contributed by atoms with E-state index in [2.05, 4.69) is 24.3 Å². The summed E-state index contributed by atoms with van der Waals surface area (Å²) in [6.07, 6.45) is 11.8. The van der Waals surface area contributed by atoms with Crippen LogP contribution in [0.4, 0.5) is 0 Å². The minimum Gasteiger partial charge on any atom is -0.276 e. The first kappa shape index (κ1) is 9.50. The van der Waals surface area contributed by atoms with Crippen LogP contribution in [-0.4, -0.2) is 9.78 Å². The Bertz CT molecular complexity index is 336. The lowest BCUT2D eigenvalue weighted by atomic mass is 9.87. The third-order valence-electron chi connectivity index (χ3n) is 3.11. The lowest BCUT2D eigenvalue weighted by molar-refractivity contribution is 0.657. The van der Waals surface area contributed by atoms with Crippen molar-refractivity contribution in [1.29, 1.82) is 0 Å². The summed E-state index contributed by atoms with van der Waals surface area (Å²) in [6, 6.07) is 0. The van der Waals surface area contributed by atoms with Gasteiger partial charge in [-0.1, -0.05) is 18.6 Å². The fourth-order valence-corrected chi connectivity index (χ4v) is 2.13. The fraction of sp³-hybridized carbons (Fsp3) is 0.583. The predicted octanol–water partition coefficient (Wildman–Crippen LogP) is 3.02. The summed E-state index contributed by atoms with van der Waals surface area (Å²) in [5, 5.41) is 4.22. The molecule has 0 amide bonds. The zero-order valence-electron chi connectivity index (χ0n) is 9.03. The largest absolute Gasteiger partial charge is 0.276 e. The van der Waals surface area contributed by atoms with Gasteiger partial charge in [0.2, 0.25) is 0 Å². The lowest BCUT2D eigenvalue weighted by Crippen LogP contribution is -2.01. The molecule has 1 aliphatic rings. The number of aromatic nitrogens is 2. The molecule has 0 spiro atoms.